The number of anilines is 1. The summed E-state index contributed by atoms with van der Waals surface area (Å²) in [4.78, 5) is 20.5. The molecule has 2 aromatic heterocycles. The molecule has 0 aliphatic carbocycles. The van der Waals surface area contributed by atoms with Crippen molar-refractivity contribution < 1.29 is 9.53 Å². The van der Waals surface area contributed by atoms with Gasteiger partial charge in [-0.3, -0.25) is 9.36 Å². The number of methoxy groups -OCH3 is 1. The fourth-order valence-corrected chi connectivity index (χ4v) is 1.89. The number of carbonyl (C=O) groups excluding carboxylic acids is 1. The Morgan fingerprint density at radius 1 is 1.48 bits per heavy atom. The predicted molar refractivity (Wildman–Crippen MR) is 79.2 cm³/mol. The predicted octanol–water partition coefficient (Wildman–Crippen LogP) is 0.878. The van der Waals surface area contributed by atoms with Gasteiger partial charge in [-0.25, -0.2) is 9.97 Å². The van der Waals surface area contributed by atoms with Gasteiger partial charge in [0.1, 0.15) is 5.82 Å². The minimum atomic E-state index is -0.623. The van der Waals surface area contributed by atoms with Crippen LogP contribution in [0.3, 0.4) is 0 Å². The van der Waals surface area contributed by atoms with Gasteiger partial charge in [-0.05, 0) is 25.5 Å². The lowest BCUT2D eigenvalue weighted by atomic mass is 10.2. The molecule has 2 aromatic rings. The molecule has 1 unspecified atom stereocenters. The van der Waals surface area contributed by atoms with Crippen molar-refractivity contribution in [2.24, 2.45) is 5.73 Å². The number of hydrogen-bond donors (Lipinski definition) is 2. The summed E-state index contributed by atoms with van der Waals surface area (Å²) in [6, 6.07) is 2.91. The minimum Gasteiger partial charge on any atom is -0.385 e. The van der Waals surface area contributed by atoms with Gasteiger partial charge in [0.25, 0.3) is 0 Å². The van der Waals surface area contributed by atoms with Gasteiger partial charge in [0.05, 0.1) is 11.7 Å². The summed E-state index contributed by atoms with van der Waals surface area (Å²) in [5, 5.41) is 2.80. The molecule has 0 aliphatic heterocycles. The number of pyridine rings is 1. The average molecular weight is 289 g/mol. The van der Waals surface area contributed by atoms with E-state index >= 15 is 0 Å². The highest BCUT2D eigenvalue weighted by Gasteiger charge is 2.16. The third-order valence-electron chi connectivity index (χ3n) is 3.07. The van der Waals surface area contributed by atoms with Gasteiger partial charge in [0, 0.05) is 32.3 Å². The Hall–Kier alpha value is -2.25. The molecule has 7 nitrogen and oxygen atoms in total. The summed E-state index contributed by atoms with van der Waals surface area (Å²) in [5.74, 6) is 1.13. The van der Waals surface area contributed by atoms with E-state index in [1.165, 1.54) is 0 Å². The van der Waals surface area contributed by atoms with Crippen LogP contribution in [0.5, 0.6) is 0 Å². The third-order valence-corrected chi connectivity index (χ3v) is 3.07. The maximum Gasteiger partial charge on any atom is 0.241 e. The summed E-state index contributed by atoms with van der Waals surface area (Å²) >= 11 is 0. The number of aromatic nitrogens is 3. The molecular weight excluding hydrogens is 270 g/mol. The molecule has 3 N–H and O–H groups in total. The number of rotatable bonds is 6. The van der Waals surface area contributed by atoms with E-state index in [0.717, 1.165) is 5.82 Å². The van der Waals surface area contributed by atoms with Crippen LogP contribution in [0.4, 0.5) is 5.69 Å². The highest BCUT2D eigenvalue weighted by molar-refractivity contribution is 5.96. The van der Waals surface area contributed by atoms with E-state index in [-0.39, 0.29) is 5.91 Å². The Morgan fingerprint density at radius 3 is 2.95 bits per heavy atom. The lowest BCUT2D eigenvalue weighted by Gasteiger charge is -2.14. The summed E-state index contributed by atoms with van der Waals surface area (Å²) in [5.41, 5.74) is 6.41. The zero-order chi connectivity index (χ0) is 15.2. The molecule has 0 fully saturated rings. The summed E-state index contributed by atoms with van der Waals surface area (Å²) in [6.45, 7) is 2.31. The fourth-order valence-electron chi connectivity index (χ4n) is 1.89. The molecule has 112 valence electrons. The molecule has 2 heterocycles. The maximum absolute atomic E-state index is 12.1. The number of nitrogens with zero attached hydrogens (tertiary/aromatic N) is 3. The van der Waals surface area contributed by atoms with Gasteiger partial charge in [-0.2, -0.15) is 0 Å². The molecule has 0 aromatic carbocycles. The standard InChI is InChI=1S/C14H19N5O2/c1-10-16-7-8-19(10)13-12(4-3-6-17-13)18-14(20)11(15)5-9-21-2/h3-4,6-8,11H,5,9,15H2,1-2H3,(H,18,20). The highest BCUT2D eigenvalue weighted by Crippen LogP contribution is 2.18. The largest absolute Gasteiger partial charge is 0.385 e. The molecular formula is C14H19N5O2. The van der Waals surface area contributed by atoms with Crippen LogP contribution in [-0.2, 0) is 9.53 Å². The molecule has 0 bridgehead atoms. The van der Waals surface area contributed by atoms with Crippen LogP contribution in [0.15, 0.2) is 30.7 Å². The first-order chi connectivity index (χ1) is 10.1. The van der Waals surface area contributed by atoms with Crippen LogP contribution < -0.4 is 11.1 Å². The van der Waals surface area contributed by atoms with Gasteiger partial charge in [0.2, 0.25) is 5.91 Å². The van der Waals surface area contributed by atoms with Crippen LogP contribution >= 0.6 is 0 Å². The normalized spacial score (nSPS) is 12.1. The molecule has 0 spiro atoms. The van der Waals surface area contributed by atoms with E-state index in [0.29, 0.717) is 24.5 Å². The van der Waals surface area contributed by atoms with Gasteiger partial charge in [0.15, 0.2) is 5.82 Å². The smallest absolute Gasteiger partial charge is 0.241 e. The minimum absolute atomic E-state index is 0.265. The Kier molecular flexibility index (Phi) is 5.02. The number of carbonyl (C=O) groups is 1. The number of amides is 1. The van der Waals surface area contributed by atoms with Crippen molar-refractivity contribution in [1.29, 1.82) is 0 Å². The van der Waals surface area contributed by atoms with Crippen LogP contribution in [-0.4, -0.2) is 40.2 Å². The van der Waals surface area contributed by atoms with E-state index in [4.69, 9.17) is 10.5 Å². The first-order valence-corrected chi connectivity index (χ1v) is 6.64. The Morgan fingerprint density at radius 2 is 2.29 bits per heavy atom. The van der Waals surface area contributed by atoms with E-state index in [1.54, 1.807) is 42.4 Å². The van der Waals surface area contributed by atoms with Crippen molar-refractivity contribution in [2.45, 2.75) is 19.4 Å². The molecule has 0 saturated heterocycles. The number of imidazole rings is 1. The topological polar surface area (TPSA) is 95.1 Å². The van der Waals surface area contributed by atoms with Gasteiger partial charge in [-0.15, -0.1) is 0 Å². The summed E-state index contributed by atoms with van der Waals surface area (Å²) in [7, 11) is 1.58. The zero-order valence-corrected chi connectivity index (χ0v) is 12.1. The van der Waals surface area contributed by atoms with E-state index in [2.05, 4.69) is 15.3 Å². The van der Waals surface area contributed by atoms with E-state index in [9.17, 15) is 4.79 Å². The third kappa shape index (κ3) is 3.65. The first kappa shape index (κ1) is 15.1. The number of ether oxygens (including phenoxy) is 1. The highest BCUT2D eigenvalue weighted by atomic mass is 16.5. The second-order valence-corrected chi connectivity index (χ2v) is 4.60. The van der Waals surface area contributed by atoms with Crippen LogP contribution in [0.2, 0.25) is 0 Å². The molecule has 21 heavy (non-hydrogen) atoms. The monoisotopic (exact) mass is 289 g/mol. The van der Waals surface area contributed by atoms with E-state index < -0.39 is 6.04 Å². The van der Waals surface area contributed by atoms with Crippen molar-refractivity contribution in [1.82, 2.24) is 14.5 Å². The Bertz CT molecular complexity index is 611. The van der Waals surface area contributed by atoms with Crippen LogP contribution in [0, 0.1) is 6.92 Å². The number of aryl methyl sites for hydroxylation is 1. The maximum atomic E-state index is 12.1. The Balaban J connectivity index is 2.18. The van der Waals surface area contributed by atoms with E-state index in [1.807, 2.05) is 6.92 Å². The number of nitrogens with two attached hydrogens (primary N) is 1. The molecule has 0 saturated carbocycles. The van der Waals surface area contributed by atoms with Crippen molar-refractivity contribution in [3.05, 3.63) is 36.5 Å². The molecule has 1 atom stereocenters. The summed E-state index contributed by atoms with van der Waals surface area (Å²) < 4.78 is 6.73. The van der Waals surface area contributed by atoms with Crippen LogP contribution in [0.25, 0.3) is 5.82 Å². The van der Waals surface area contributed by atoms with Crippen molar-refractivity contribution in [3.8, 4) is 5.82 Å². The van der Waals surface area contributed by atoms with Gasteiger partial charge in [-0.1, -0.05) is 0 Å². The SMILES string of the molecule is COCCC(N)C(=O)Nc1cccnc1-n1ccnc1C. The lowest BCUT2D eigenvalue weighted by Crippen LogP contribution is -2.36. The lowest BCUT2D eigenvalue weighted by molar-refractivity contribution is -0.117. The van der Waals surface area contributed by atoms with Crippen molar-refractivity contribution in [2.75, 3.05) is 19.0 Å². The molecule has 0 aliphatic rings. The molecule has 2 rings (SSSR count). The molecule has 1 amide bonds. The second kappa shape index (κ2) is 6.96. The molecule has 0 radical (unpaired) electrons. The second-order valence-electron chi connectivity index (χ2n) is 4.60. The van der Waals surface area contributed by atoms with Crippen LogP contribution in [0.1, 0.15) is 12.2 Å². The summed E-state index contributed by atoms with van der Waals surface area (Å²) in [6.07, 6.45) is 5.59. The first-order valence-electron chi connectivity index (χ1n) is 6.64. The zero-order valence-electron chi connectivity index (χ0n) is 12.1. The van der Waals surface area contributed by atoms with Gasteiger partial charge >= 0.3 is 0 Å². The Labute approximate surface area is 123 Å². The number of hydrogen-bond acceptors (Lipinski definition) is 5. The molecule has 7 heteroatoms. The fraction of sp³-hybridized carbons (Fsp3) is 0.357. The van der Waals surface area contributed by atoms with Crippen molar-refractivity contribution >= 4 is 11.6 Å². The number of nitrogens with one attached hydrogen (secondary N) is 1. The average Bonchev–Trinajstić information content (AvgIpc) is 2.91. The van der Waals surface area contributed by atoms with Gasteiger partial charge < -0.3 is 15.8 Å². The quantitative estimate of drug-likeness (QED) is 0.823. The van der Waals surface area contributed by atoms with Crippen molar-refractivity contribution in [3.63, 3.8) is 0 Å².